The number of hydrogen-bond acceptors (Lipinski definition) is 3. The summed E-state index contributed by atoms with van der Waals surface area (Å²) in [6, 6.07) is 0.243. The van der Waals surface area contributed by atoms with E-state index in [1.54, 1.807) is 6.20 Å². The van der Waals surface area contributed by atoms with Crippen molar-refractivity contribution >= 4 is 5.91 Å². The number of carbonyl (C=O) groups excluding carboxylic acids is 1. The average molecular weight is 194 g/mol. The third kappa shape index (κ3) is 2.11. The Hall–Kier alpha value is -1.36. The normalized spacial score (nSPS) is 21.9. The van der Waals surface area contributed by atoms with Gasteiger partial charge >= 0.3 is 0 Å². The van der Waals surface area contributed by atoms with E-state index in [-0.39, 0.29) is 11.9 Å². The van der Waals surface area contributed by atoms with Gasteiger partial charge in [-0.1, -0.05) is 0 Å². The molecule has 0 aromatic carbocycles. The molecule has 0 unspecified atom stereocenters. The zero-order chi connectivity index (χ0) is 9.80. The fraction of sp³-hybridized carbons (Fsp3) is 0.556. The van der Waals surface area contributed by atoms with E-state index in [4.69, 9.17) is 0 Å². The van der Waals surface area contributed by atoms with Gasteiger partial charge in [0.25, 0.3) is 5.91 Å². The van der Waals surface area contributed by atoms with E-state index in [0.717, 1.165) is 25.9 Å². The molecule has 5 nitrogen and oxygen atoms in total. The summed E-state index contributed by atoms with van der Waals surface area (Å²) in [5.74, 6) is -0.0973. The number of carbonyl (C=O) groups is 1. The Morgan fingerprint density at radius 2 is 2.57 bits per heavy atom. The fourth-order valence-corrected chi connectivity index (χ4v) is 1.62. The first-order valence-corrected chi connectivity index (χ1v) is 4.86. The van der Waals surface area contributed by atoms with Crippen molar-refractivity contribution < 1.29 is 4.79 Å². The second kappa shape index (κ2) is 4.23. The van der Waals surface area contributed by atoms with Crippen LogP contribution in [0.3, 0.4) is 0 Å². The molecule has 1 fully saturated rings. The van der Waals surface area contributed by atoms with Gasteiger partial charge in [0.2, 0.25) is 0 Å². The quantitative estimate of drug-likeness (QED) is 0.615. The first-order chi connectivity index (χ1) is 6.86. The Morgan fingerprint density at radius 1 is 1.64 bits per heavy atom. The van der Waals surface area contributed by atoms with Crippen LogP contribution in [0.25, 0.3) is 0 Å². The predicted molar refractivity (Wildman–Crippen MR) is 51.9 cm³/mol. The molecular weight excluding hydrogens is 180 g/mol. The van der Waals surface area contributed by atoms with E-state index >= 15 is 0 Å². The van der Waals surface area contributed by atoms with E-state index in [9.17, 15) is 4.79 Å². The van der Waals surface area contributed by atoms with Crippen LogP contribution in [0.15, 0.2) is 12.5 Å². The highest BCUT2D eigenvalue weighted by atomic mass is 16.2. The van der Waals surface area contributed by atoms with Gasteiger partial charge in [-0.05, 0) is 19.4 Å². The van der Waals surface area contributed by atoms with Gasteiger partial charge in [-0.3, -0.25) is 4.79 Å². The number of hydrogen-bond donors (Lipinski definition) is 3. The fourth-order valence-electron chi connectivity index (χ4n) is 1.62. The number of amides is 1. The van der Waals surface area contributed by atoms with Crippen LogP contribution in [-0.4, -0.2) is 35.0 Å². The van der Waals surface area contributed by atoms with Gasteiger partial charge in [0.1, 0.15) is 5.69 Å². The Balaban J connectivity index is 1.87. The predicted octanol–water partition coefficient (Wildman–Crippen LogP) is -0.109. The Labute approximate surface area is 82.3 Å². The molecular formula is C9H14N4O. The number of aromatic nitrogens is 2. The summed E-state index contributed by atoms with van der Waals surface area (Å²) in [6.07, 6.45) is 5.27. The molecule has 3 N–H and O–H groups in total. The van der Waals surface area contributed by atoms with E-state index in [2.05, 4.69) is 20.6 Å². The lowest BCUT2D eigenvalue weighted by atomic mass is 10.1. The number of H-pyrrole nitrogens is 1. The first-order valence-electron chi connectivity index (χ1n) is 4.86. The summed E-state index contributed by atoms with van der Waals surface area (Å²) in [4.78, 5) is 18.2. The molecule has 1 aliphatic rings. The molecule has 1 atom stereocenters. The standard InChI is InChI=1S/C9H14N4O/c14-9(8-5-11-6-12-8)13-7-2-1-3-10-4-7/h5-7,10H,1-4H2,(H,11,12)(H,13,14)/t7-/m1/s1. The molecule has 0 saturated carbocycles. The number of piperidine rings is 1. The lowest BCUT2D eigenvalue weighted by molar-refractivity contribution is 0.0926. The highest BCUT2D eigenvalue weighted by molar-refractivity contribution is 5.92. The highest BCUT2D eigenvalue weighted by Gasteiger charge is 2.16. The Morgan fingerprint density at radius 3 is 3.21 bits per heavy atom. The van der Waals surface area contributed by atoms with Crippen molar-refractivity contribution in [3.05, 3.63) is 18.2 Å². The summed E-state index contributed by atoms with van der Waals surface area (Å²) < 4.78 is 0. The minimum absolute atomic E-state index is 0.0973. The summed E-state index contributed by atoms with van der Waals surface area (Å²) in [5.41, 5.74) is 0.454. The first kappa shape index (κ1) is 9.21. The molecule has 1 aromatic heterocycles. The van der Waals surface area contributed by atoms with Crippen LogP contribution in [0.2, 0.25) is 0 Å². The van der Waals surface area contributed by atoms with E-state index in [1.807, 2.05) is 0 Å². The maximum Gasteiger partial charge on any atom is 0.271 e. The van der Waals surface area contributed by atoms with Crippen molar-refractivity contribution in [1.29, 1.82) is 0 Å². The molecule has 1 aliphatic heterocycles. The Kier molecular flexibility index (Phi) is 2.78. The van der Waals surface area contributed by atoms with Crippen molar-refractivity contribution in [2.75, 3.05) is 13.1 Å². The molecule has 2 rings (SSSR count). The van der Waals surface area contributed by atoms with Crippen molar-refractivity contribution in [3.8, 4) is 0 Å². The Bertz CT molecular complexity index is 290. The van der Waals surface area contributed by atoms with Crippen LogP contribution < -0.4 is 10.6 Å². The van der Waals surface area contributed by atoms with Crippen molar-refractivity contribution in [1.82, 2.24) is 20.6 Å². The van der Waals surface area contributed by atoms with Crippen LogP contribution in [0.4, 0.5) is 0 Å². The SMILES string of the molecule is O=C(N[C@@H]1CCCNC1)c1c[nH]cn1. The molecule has 1 amide bonds. The zero-order valence-corrected chi connectivity index (χ0v) is 7.92. The monoisotopic (exact) mass is 194 g/mol. The van der Waals surface area contributed by atoms with E-state index < -0.39 is 0 Å². The topological polar surface area (TPSA) is 69.8 Å². The zero-order valence-electron chi connectivity index (χ0n) is 7.92. The minimum atomic E-state index is -0.0973. The molecule has 76 valence electrons. The lowest BCUT2D eigenvalue weighted by Crippen LogP contribution is -2.45. The van der Waals surface area contributed by atoms with E-state index in [1.165, 1.54) is 6.33 Å². The van der Waals surface area contributed by atoms with Crippen molar-refractivity contribution in [3.63, 3.8) is 0 Å². The number of aromatic amines is 1. The summed E-state index contributed by atoms with van der Waals surface area (Å²) in [7, 11) is 0. The average Bonchev–Trinajstić information content (AvgIpc) is 2.72. The molecule has 1 aromatic rings. The summed E-state index contributed by atoms with van der Waals surface area (Å²) >= 11 is 0. The van der Waals surface area contributed by atoms with E-state index in [0.29, 0.717) is 5.69 Å². The molecule has 14 heavy (non-hydrogen) atoms. The van der Waals surface area contributed by atoms with Crippen LogP contribution in [0, 0.1) is 0 Å². The maximum absolute atomic E-state index is 11.6. The molecule has 0 aliphatic carbocycles. The largest absolute Gasteiger partial charge is 0.350 e. The minimum Gasteiger partial charge on any atom is -0.350 e. The summed E-state index contributed by atoms with van der Waals surface area (Å²) in [6.45, 7) is 1.91. The maximum atomic E-state index is 11.6. The van der Waals surface area contributed by atoms with Gasteiger partial charge in [-0.25, -0.2) is 4.98 Å². The molecule has 2 heterocycles. The number of rotatable bonds is 2. The number of imidazole rings is 1. The lowest BCUT2D eigenvalue weighted by Gasteiger charge is -2.23. The molecule has 1 saturated heterocycles. The molecule has 0 bridgehead atoms. The third-order valence-corrected chi connectivity index (χ3v) is 2.36. The van der Waals surface area contributed by atoms with Gasteiger partial charge in [0, 0.05) is 18.8 Å². The van der Waals surface area contributed by atoms with Gasteiger partial charge < -0.3 is 15.6 Å². The molecule has 5 heteroatoms. The van der Waals surface area contributed by atoms with Gasteiger partial charge in [0.05, 0.1) is 6.33 Å². The number of nitrogens with zero attached hydrogens (tertiary/aromatic N) is 1. The second-order valence-electron chi connectivity index (χ2n) is 3.47. The number of nitrogens with one attached hydrogen (secondary N) is 3. The van der Waals surface area contributed by atoms with Crippen molar-refractivity contribution in [2.45, 2.75) is 18.9 Å². The smallest absolute Gasteiger partial charge is 0.271 e. The third-order valence-electron chi connectivity index (χ3n) is 2.36. The van der Waals surface area contributed by atoms with Gasteiger partial charge in [-0.15, -0.1) is 0 Å². The highest BCUT2D eigenvalue weighted by Crippen LogP contribution is 2.02. The van der Waals surface area contributed by atoms with Crippen LogP contribution in [-0.2, 0) is 0 Å². The van der Waals surface area contributed by atoms with Gasteiger partial charge in [-0.2, -0.15) is 0 Å². The van der Waals surface area contributed by atoms with Crippen LogP contribution in [0.5, 0.6) is 0 Å². The van der Waals surface area contributed by atoms with Gasteiger partial charge in [0.15, 0.2) is 0 Å². The van der Waals surface area contributed by atoms with Crippen molar-refractivity contribution in [2.24, 2.45) is 0 Å². The molecule has 0 spiro atoms. The van der Waals surface area contributed by atoms with Crippen LogP contribution >= 0.6 is 0 Å². The summed E-state index contributed by atoms with van der Waals surface area (Å²) in [5, 5.41) is 6.18. The second-order valence-corrected chi connectivity index (χ2v) is 3.47. The molecule has 0 radical (unpaired) electrons. The van der Waals surface area contributed by atoms with Crippen LogP contribution in [0.1, 0.15) is 23.3 Å².